The summed E-state index contributed by atoms with van der Waals surface area (Å²) in [6.45, 7) is 7.18. The second-order valence-electron chi connectivity index (χ2n) is 4.55. The topological polar surface area (TPSA) is 91.9 Å². The smallest absolute Gasteiger partial charge is 0.238 e. The van der Waals surface area contributed by atoms with Crippen LogP contribution < -0.4 is 5.32 Å². The Hall–Kier alpha value is -1.37. The fourth-order valence-electron chi connectivity index (χ4n) is 1.81. The van der Waals surface area contributed by atoms with Gasteiger partial charge in [0.1, 0.15) is 5.25 Å². The molecule has 1 aromatic heterocycles. The van der Waals surface area contributed by atoms with E-state index < -0.39 is 21.0 Å². The lowest BCUT2D eigenvalue weighted by Gasteiger charge is -2.12. The van der Waals surface area contributed by atoms with Gasteiger partial charge in [-0.15, -0.1) is 0 Å². The van der Waals surface area contributed by atoms with Crippen molar-refractivity contribution in [2.24, 2.45) is 0 Å². The Morgan fingerprint density at radius 1 is 1.42 bits per heavy atom. The highest BCUT2D eigenvalue weighted by molar-refractivity contribution is 7.92. The molecule has 2 N–H and O–H groups in total. The summed E-state index contributed by atoms with van der Waals surface area (Å²) < 4.78 is 23.1. The van der Waals surface area contributed by atoms with Crippen molar-refractivity contribution in [1.82, 2.24) is 15.5 Å². The van der Waals surface area contributed by atoms with E-state index in [0.29, 0.717) is 13.0 Å². The molecule has 0 radical (unpaired) electrons. The largest absolute Gasteiger partial charge is 0.355 e. The van der Waals surface area contributed by atoms with E-state index in [1.54, 1.807) is 0 Å². The van der Waals surface area contributed by atoms with Gasteiger partial charge in [-0.25, -0.2) is 8.42 Å². The number of aryl methyl sites for hydroxylation is 2. The third-order valence-corrected chi connectivity index (χ3v) is 5.36. The van der Waals surface area contributed by atoms with E-state index in [1.165, 1.54) is 13.8 Å². The van der Waals surface area contributed by atoms with Gasteiger partial charge in [0.05, 0.1) is 5.69 Å². The number of nitrogens with zero attached hydrogens (tertiary/aromatic N) is 1. The number of hydrogen-bond donors (Lipinski definition) is 2. The average molecular weight is 287 g/mol. The molecule has 0 aliphatic rings. The Morgan fingerprint density at radius 2 is 2.05 bits per heavy atom. The number of carbonyl (C=O) groups excluding carboxylic acids is 1. The third kappa shape index (κ3) is 3.79. The van der Waals surface area contributed by atoms with Gasteiger partial charge in [-0.05, 0) is 32.8 Å². The molecule has 19 heavy (non-hydrogen) atoms. The number of aromatic amines is 1. The fourth-order valence-corrected chi connectivity index (χ4v) is 2.72. The van der Waals surface area contributed by atoms with Gasteiger partial charge in [0.15, 0.2) is 9.84 Å². The second-order valence-corrected chi connectivity index (χ2v) is 7.16. The Morgan fingerprint density at radius 3 is 2.53 bits per heavy atom. The van der Waals surface area contributed by atoms with Gasteiger partial charge in [-0.1, -0.05) is 6.92 Å². The number of carbonyl (C=O) groups is 1. The van der Waals surface area contributed by atoms with Crippen LogP contribution in [0, 0.1) is 13.8 Å². The standard InChI is InChI=1S/C12H21N3O3S/c1-5-19(17,18)10(4)12(16)13-7-6-11-8(2)14-15-9(11)3/h10H,5-7H2,1-4H3,(H,13,16)(H,14,15). The molecule has 0 aliphatic carbocycles. The van der Waals surface area contributed by atoms with Crippen LogP contribution in [0.3, 0.4) is 0 Å². The van der Waals surface area contributed by atoms with Crippen molar-refractivity contribution in [3.8, 4) is 0 Å². The zero-order valence-electron chi connectivity index (χ0n) is 11.8. The van der Waals surface area contributed by atoms with Crippen LogP contribution in [0.5, 0.6) is 0 Å². The van der Waals surface area contributed by atoms with E-state index in [2.05, 4.69) is 15.5 Å². The van der Waals surface area contributed by atoms with E-state index in [1.807, 2.05) is 13.8 Å². The van der Waals surface area contributed by atoms with Crippen LogP contribution in [0.1, 0.15) is 30.8 Å². The number of amides is 1. The van der Waals surface area contributed by atoms with Gasteiger partial charge in [-0.2, -0.15) is 5.10 Å². The summed E-state index contributed by atoms with van der Waals surface area (Å²) >= 11 is 0. The molecule has 6 nitrogen and oxygen atoms in total. The van der Waals surface area contributed by atoms with Crippen molar-refractivity contribution in [3.05, 3.63) is 17.0 Å². The van der Waals surface area contributed by atoms with Crippen LogP contribution in [0.4, 0.5) is 0 Å². The van der Waals surface area contributed by atoms with E-state index in [4.69, 9.17) is 0 Å². The minimum absolute atomic E-state index is 0.0263. The first-order chi connectivity index (χ1) is 8.79. The highest BCUT2D eigenvalue weighted by Gasteiger charge is 2.25. The van der Waals surface area contributed by atoms with Crippen LogP contribution in [0.15, 0.2) is 0 Å². The molecule has 0 fully saturated rings. The van der Waals surface area contributed by atoms with Gasteiger partial charge in [0.2, 0.25) is 5.91 Å². The first-order valence-electron chi connectivity index (χ1n) is 6.29. The van der Waals surface area contributed by atoms with Crippen LogP contribution >= 0.6 is 0 Å². The predicted molar refractivity (Wildman–Crippen MR) is 73.7 cm³/mol. The average Bonchev–Trinajstić information content (AvgIpc) is 2.69. The molecule has 0 saturated heterocycles. The molecule has 1 amide bonds. The maximum absolute atomic E-state index is 11.7. The molecule has 1 unspecified atom stereocenters. The highest BCUT2D eigenvalue weighted by Crippen LogP contribution is 2.09. The molecule has 1 rings (SSSR count). The van der Waals surface area contributed by atoms with Crippen molar-refractivity contribution >= 4 is 15.7 Å². The maximum Gasteiger partial charge on any atom is 0.238 e. The van der Waals surface area contributed by atoms with Crippen molar-refractivity contribution < 1.29 is 13.2 Å². The van der Waals surface area contributed by atoms with Crippen LogP contribution in [-0.2, 0) is 21.1 Å². The number of nitrogens with one attached hydrogen (secondary N) is 2. The van der Waals surface area contributed by atoms with Crippen molar-refractivity contribution in [2.75, 3.05) is 12.3 Å². The number of rotatable bonds is 6. The zero-order chi connectivity index (χ0) is 14.6. The van der Waals surface area contributed by atoms with Gasteiger partial charge in [-0.3, -0.25) is 9.89 Å². The number of aromatic nitrogens is 2. The Balaban J connectivity index is 2.53. The summed E-state index contributed by atoms with van der Waals surface area (Å²) in [5.41, 5.74) is 2.94. The number of H-pyrrole nitrogens is 1. The summed E-state index contributed by atoms with van der Waals surface area (Å²) in [6, 6.07) is 0. The highest BCUT2D eigenvalue weighted by atomic mass is 32.2. The van der Waals surface area contributed by atoms with E-state index >= 15 is 0 Å². The Bertz CT molecular complexity index is 529. The van der Waals surface area contributed by atoms with Crippen molar-refractivity contribution in [3.63, 3.8) is 0 Å². The normalized spacial score (nSPS) is 13.3. The molecular weight excluding hydrogens is 266 g/mol. The van der Waals surface area contributed by atoms with E-state index in [0.717, 1.165) is 17.0 Å². The number of sulfone groups is 1. The molecule has 7 heteroatoms. The summed E-state index contributed by atoms with van der Waals surface area (Å²) in [4.78, 5) is 11.7. The predicted octanol–water partition coefficient (Wildman–Crippen LogP) is 0.508. The molecule has 0 aliphatic heterocycles. The van der Waals surface area contributed by atoms with Crippen LogP contribution in [0.2, 0.25) is 0 Å². The molecule has 0 spiro atoms. The fraction of sp³-hybridized carbons (Fsp3) is 0.667. The third-order valence-electron chi connectivity index (χ3n) is 3.27. The molecule has 1 atom stereocenters. The second kappa shape index (κ2) is 6.18. The van der Waals surface area contributed by atoms with Gasteiger partial charge >= 0.3 is 0 Å². The van der Waals surface area contributed by atoms with Gasteiger partial charge < -0.3 is 5.32 Å². The summed E-state index contributed by atoms with van der Waals surface area (Å²) in [5.74, 6) is -0.470. The lowest BCUT2D eigenvalue weighted by molar-refractivity contribution is -0.120. The Labute approximate surface area is 113 Å². The maximum atomic E-state index is 11.7. The van der Waals surface area contributed by atoms with Crippen molar-refractivity contribution in [1.29, 1.82) is 0 Å². The molecule has 0 bridgehead atoms. The molecule has 108 valence electrons. The SMILES string of the molecule is CCS(=O)(=O)C(C)C(=O)NCCc1c(C)n[nH]c1C. The van der Waals surface area contributed by atoms with Crippen LogP contribution in [0.25, 0.3) is 0 Å². The first kappa shape index (κ1) is 15.7. The summed E-state index contributed by atoms with van der Waals surface area (Å²) in [6.07, 6.45) is 0.638. The molecule has 1 heterocycles. The Kier molecular flexibility index (Phi) is 5.11. The van der Waals surface area contributed by atoms with Crippen molar-refractivity contribution in [2.45, 2.75) is 39.4 Å². The quantitative estimate of drug-likeness (QED) is 0.797. The molecule has 0 saturated carbocycles. The minimum atomic E-state index is -3.33. The first-order valence-corrected chi connectivity index (χ1v) is 8.00. The van der Waals surface area contributed by atoms with E-state index in [-0.39, 0.29) is 5.75 Å². The molecule has 0 aromatic carbocycles. The number of hydrogen-bond acceptors (Lipinski definition) is 4. The lowest BCUT2D eigenvalue weighted by Crippen LogP contribution is -2.39. The minimum Gasteiger partial charge on any atom is -0.355 e. The molecular formula is C12H21N3O3S. The summed E-state index contributed by atoms with van der Waals surface area (Å²) in [7, 11) is -3.33. The van der Waals surface area contributed by atoms with Crippen LogP contribution in [-0.4, -0.2) is 42.1 Å². The zero-order valence-corrected chi connectivity index (χ0v) is 12.6. The monoisotopic (exact) mass is 287 g/mol. The van der Waals surface area contributed by atoms with E-state index in [9.17, 15) is 13.2 Å². The lowest BCUT2D eigenvalue weighted by atomic mass is 10.1. The van der Waals surface area contributed by atoms with Gasteiger partial charge in [0, 0.05) is 18.0 Å². The van der Waals surface area contributed by atoms with Gasteiger partial charge in [0.25, 0.3) is 0 Å². The molecule has 1 aromatic rings. The summed E-state index contributed by atoms with van der Waals surface area (Å²) in [5, 5.41) is 8.60.